The third-order valence-electron chi connectivity index (χ3n) is 4.54. The third kappa shape index (κ3) is 4.80. The highest BCUT2D eigenvalue weighted by Crippen LogP contribution is 2.22. The van der Waals surface area contributed by atoms with Gasteiger partial charge >= 0.3 is 0 Å². The first-order valence-electron chi connectivity index (χ1n) is 8.53. The Balaban J connectivity index is 2.19. The lowest BCUT2D eigenvalue weighted by Gasteiger charge is -2.43. The van der Waals surface area contributed by atoms with Crippen molar-refractivity contribution in [2.24, 2.45) is 0 Å². The highest BCUT2D eigenvalue weighted by atomic mass is 32.2. The zero-order valence-electron chi connectivity index (χ0n) is 16.0. The number of piperidine rings is 1. The maximum Gasteiger partial charge on any atom is 0.251 e. The molecule has 1 aliphatic heterocycles. The minimum Gasteiger partial charge on any atom is -0.349 e. The minimum absolute atomic E-state index is 0.0514. The highest BCUT2D eigenvalue weighted by molar-refractivity contribution is 7.89. The minimum atomic E-state index is -3.55. The fourth-order valence-electron chi connectivity index (χ4n) is 3.90. The van der Waals surface area contributed by atoms with Gasteiger partial charge in [-0.2, -0.15) is 0 Å². The molecule has 140 valence electrons. The molecule has 0 aliphatic carbocycles. The van der Waals surface area contributed by atoms with E-state index in [1.54, 1.807) is 12.1 Å². The summed E-state index contributed by atoms with van der Waals surface area (Å²) in [5.41, 5.74) is 0.471. The molecule has 1 fully saturated rings. The van der Waals surface area contributed by atoms with Gasteiger partial charge in [-0.15, -0.1) is 0 Å². The number of benzene rings is 1. The van der Waals surface area contributed by atoms with Gasteiger partial charge in [0.2, 0.25) is 10.0 Å². The van der Waals surface area contributed by atoms with Gasteiger partial charge in [-0.05, 0) is 45.9 Å². The van der Waals surface area contributed by atoms with Gasteiger partial charge in [0.25, 0.3) is 5.91 Å². The van der Waals surface area contributed by atoms with Crippen molar-refractivity contribution in [1.29, 1.82) is 0 Å². The van der Waals surface area contributed by atoms with Crippen LogP contribution in [0.2, 0.25) is 0 Å². The van der Waals surface area contributed by atoms with Crippen LogP contribution in [0.5, 0.6) is 0 Å². The molecule has 0 radical (unpaired) electrons. The number of carbonyl (C=O) groups is 1. The molecule has 1 aliphatic rings. The summed E-state index contributed by atoms with van der Waals surface area (Å²) >= 11 is 0. The summed E-state index contributed by atoms with van der Waals surface area (Å²) in [6.07, 6.45) is 1.75. The lowest BCUT2D eigenvalue weighted by atomic mass is 9.79. The highest BCUT2D eigenvalue weighted by Gasteiger charge is 2.42. The quantitative estimate of drug-likeness (QED) is 0.830. The van der Waals surface area contributed by atoms with E-state index in [0.717, 1.165) is 17.1 Å². The summed E-state index contributed by atoms with van der Waals surface area (Å²) in [6, 6.07) is 6.27. The van der Waals surface area contributed by atoms with Crippen LogP contribution in [0.4, 0.5) is 0 Å². The SMILES string of the molecule is CN(C)S(=O)(=O)c1cccc(C(=O)NC2CC(C)(C)[NH2+]C(C)(C)C2)c1. The summed E-state index contributed by atoms with van der Waals surface area (Å²) in [5, 5.41) is 5.44. The Morgan fingerprint density at radius 3 is 2.24 bits per heavy atom. The summed E-state index contributed by atoms with van der Waals surface area (Å²) in [7, 11) is -0.601. The smallest absolute Gasteiger partial charge is 0.251 e. The molecule has 0 spiro atoms. The van der Waals surface area contributed by atoms with Gasteiger partial charge in [0.05, 0.1) is 16.0 Å². The standard InChI is InChI=1S/C18H29N3O3S/c1-17(2)11-14(12-18(3,4)20-17)19-16(22)13-8-7-9-15(10-13)25(23,24)21(5)6/h7-10,14,20H,11-12H2,1-6H3,(H,19,22)/p+1. The number of nitrogens with one attached hydrogen (secondary N) is 1. The Morgan fingerprint density at radius 2 is 1.72 bits per heavy atom. The number of carbonyl (C=O) groups excluding carboxylic acids is 1. The van der Waals surface area contributed by atoms with Crippen molar-refractivity contribution in [1.82, 2.24) is 9.62 Å². The number of amides is 1. The van der Waals surface area contributed by atoms with E-state index in [1.807, 2.05) is 0 Å². The molecule has 1 heterocycles. The molecule has 25 heavy (non-hydrogen) atoms. The average Bonchev–Trinajstić information content (AvgIpc) is 2.43. The van der Waals surface area contributed by atoms with E-state index in [2.05, 4.69) is 38.3 Å². The molecular weight excluding hydrogens is 338 g/mol. The Hall–Kier alpha value is -1.44. The van der Waals surface area contributed by atoms with Gasteiger partial charge in [0.1, 0.15) is 0 Å². The Labute approximate surface area is 151 Å². The molecule has 2 rings (SSSR count). The van der Waals surface area contributed by atoms with E-state index in [-0.39, 0.29) is 27.9 Å². The van der Waals surface area contributed by atoms with Crippen LogP contribution >= 0.6 is 0 Å². The van der Waals surface area contributed by atoms with Crippen molar-refractivity contribution in [2.75, 3.05) is 14.1 Å². The molecule has 6 nitrogen and oxygen atoms in total. The second-order valence-corrected chi connectivity index (χ2v) is 10.7. The number of hydrogen-bond acceptors (Lipinski definition) is 3. The van der Waals surface area contributed by atoms with Gasteiger partial charge in [0, 0.05) is 38.5 Å². The number of nitrogens with zero attached hydrogens (tertiary/aromatic N) is 1. The average molecular weight is 369 g/mol. The first kappa shape index (κ1) is 19.9. The Bertz CT molecular complexity index is 739. The monoisotopic (exact) mass is 368 g/mol. The van der Waals surface area contributed by atoms with E-state index in [0.29, 0.717) is 5.56 Å². The molecule has 3 N–H and O–H groups in total. The topological polar surface area (TPSA) is 83.1 Å². The maximum absolute atomic E-state index is 12.7. The van der Waals surface area contributed by atoms with Crippen LogP contribution in [0.15, 0.2) is 29.2 Å². The molecule has 0 bridgehead atoms. The molecule has 1 aromatic rings. The fourth-order valence-corrected chi connectivity index (χ4v) is 4.85. The van der Waals surface area contributed by atoms with Crippen molar-refractivity contribution in [3.63, 3.8) is 0 Å². The van der Waals surface area contributed by atoms with Crippen molar-refractivity contribution >= 4 is 15.9 Å². The van der Waals surface area contributed by atoms with Crippen LogP contribution in [0.1, 0.15) is 50.9 Å². The van der Waals surface area contributed by atoms with Crippen LogP contribution < -0.4 is 10.6 Å². The number of quaternary nitrogens is 1. The molecule has 1 amide bonds. The van der Waals surface area contributed by atoms with Crippen molar-refractivity contribution in [3.8, 4) is 0 Å². The van der Waals surface area contributed by atoms with E-state index >= 15 is 0 Å². The van der Waals surface area contributed by atoms with Gasteiger partial charge in [0.15, 0.2) is 0 Å². The van der Waals surface area contributed by atoms with Gasteiger partial charge in [-0.1, -0.05) is 6.07 Å². The predicted octanol–water partition coefficient (Wildman–Crippen LogP) is 0.950. The zero-order valence-corrected chi connectivity index (χ0v) is 16.8. The van der Waals surface area contributed by atoms with Gasteiger partial charge in [-0.3, -0.25) is 4.79 Å². The second-order valence-electron chi connectivity index (χ2n) is 8.52. The lowest BCUT2D eigenvalue weighted by Crippen LogP contribution is -3.06. The predicted molar refractivity (Wildman–Crippen MR) is 97.9 cm³/mol. The molecular formula is C18H30N3O3S+. The molecule has 0 aromatic heterocycles. The third-order valence-corrected chi connectivity index (χ3v) is 6.35. The van der Waals surface area contributed by atoms with Crippen molar-refractivity contribution in [2.45, 2.75) is 62.6 Å². The first-order chi connectivity index (χ1) is 11.3. The fraction of sp³-hybridized carbons (Fsp3) is 0.611. The van der Waals surface area contributed by atoms with E-state index < -0.39 is 10.0 Å². The van der Waals surface area contributed by atoms with Crippen LogP contribution in [-0.4, -0.2) is 49.8 Å². The van der Waals surface area contributed by atoms with Crippen LogP contribution in [0, 0.1) is 0 Å². The first-order valence-corrected chi connectivity index (χ1v) is 9.97. The molecule has 1 aromatic carbocycles. The zero-order chi connectivity index (χ0) is 19.0. The second kappa shape index (κ2) is 6.70. The van der Waals surface area contributed by atoms with Crippen LogP contribution in [0.3, 0.4) is 0 Å². The van der Waals surface area contributed by atoms with Gasteiger partial charge < -0.3 is 10.6 Å². The number of hydrogen-bond donors (Lipinski definition) is 2. The number of rotatable bonds is 4. The Morgan fingerprint density at radius 1 is 1.16 bits per heavy atom. The largest absolute Gasteiger partial charge is 0.349 e. The number of nitrogens with two attached hydrogens (primary N) is 1. The van der Waals surface area contributed by atoms with Crippen molar-refractivity contribution in [3.05, 3.63) is 29.8 Å². The van der Waals surface area contributed by atoms with Crippen molar-refractivity contribution < 1.29 is 18.5 Å². The molecule has 0 atom stereocenters. The molecule has 1 saturated heterocycles. The van der Waals surface area contributed by atoms with E-state index in [1.165, 1.54) is 26.2 Å². The summed E-state index contributed by atoms with van der Waals surface area (Å²) in [5.74, 6) is -0.227. The van der Waals surface area contributed by atoms with Crippen LogP contribution in [-0.2, 0) is 10.0 Å². The summed E-state index contributed by atoms with van der Waals surface area (Å²) < 4.78 is 25.7. The molecule has 7 heteroatoms. The van der Waals surface area contributed by atoms with Gasteiger partial charge in [-0.25, -0.2) is 12.7 Å². The molecule has 0 unspecified atom stereocenters. The molecule has 0 saturated carbocycles. The van der Waals surface area contributed by atoms with E-state index in [4.69, 9.17) is 0 Å². The summed E-state index contributed by atoms with van der Waals surface area (Å²) in [6.45, 7) is 8.71. The number of sulfonamides is 1. The van der Waals surface area contributed by atoms with Crippen LogP contribution in [0.25, 0.3) is 0 Å². The Kier molecular flexibility index (Phi) is 5.33. The lowest BCUT2D eigenvalue weighted by molar-refractivity contribution is -0.787. The normalized spacial score (nSPS) is 20.4. The summed E-state index contributed by atoms with van der Waals surface area (Å²) in [4.78, 5) is 12.8. The van der Waals surface area contributed by atoms with E-state index in [9.17, 15) is 13.2 Å². The maximum atomic E-state index is 12.7.